The van der Waals surface area contributed by atoms with Crippen molar-refractivity contribution in [2.45, 2.75) is 45.7 Å². The first-order valence-corrected chi connectivity index (χ1v) is 12.1. The van der Waals surface area contributed by atoms with Gasteiger partial charge in [0.2, 0.25) is 5.88 Å². The Labute approximate surface area is 204 Å². The standard InChI is InChI=1S/C25H28Cl2N4O2/c1-3-17(2)28-16-20-23(24(32)30-14-6-7-15-30)29-31(22-9-5-4-8-21(22)27)25(20)33-19-12-10-18(26)11-13-19/h4-5,8-13,17,28H,3,6-7,14-16H2,1-2H3. The van der Waals surface area contributed by atoms with Crippen LogP contribution in [0.25, 0.3) is 5.69 Å². The van der Waals surface area contributed by atoms with Gasteiger partial charge in [0.15, 0.2) is 5.69 Å². The average Bonchev–Trinajstić information content (AvgIpc) is 3.48. The minimum Gasteiger partial charge on any atom is -0.439 e. The van der Waals surface area contributed by atoms with Crippen molar-refractivity contribution in [1.29, 1.82) is 0 Å². The third kappa shape index (κ3) is 5.35. The molecular weight excluding hydrogens is 459 g/mol. The Bertz CT molecular complexity index is 1110. The van der Waals surface area contributed by atoms with Crippen molar-refractivity contribution in [1.82, 2.24) is 20.0 Å². The summed E-state index contributed by atoms with van der Waals surface area (Å²) in [5.74, 6) is 0.974. The highest BCUT2D eigenvalue weighted by atomic mass is 35.5. The van der Waals surface area contributed by atoms with Gasteiger partial charge in [0.1, 0.15) is 5.75 Å². The monoisotopic (exact) mass is 486 g/mol. The fraction of sp³-hybridized carbons (Fsp3) is 0.360. The molecule has 1 fully saturated rings. The van der Waals surface area contributed by atoms with E-state index in [9.17, 15) is 4.79 Å². The Balaban J connectivity index is 1.85. The first kappa shape index (κ1) is 23.6. The molecule has 0 saturated carbocycles. The number of halogens is 2. The second kappa shape index (κ2) is 10.6. The maximum absolute atomic E-state index is 13.5. The summed E-state index contributed by atoms with van der Waals surface area (Å²) in [7, 11) is 0. The summed E-state index contributed by atoms with van der Waals surface area (Å²) in [6.45, 7) is 6.15. The van der Waals surface area contributed by atoms with Gasteiger partial charge in [-0.15, -0.1) is 0 Å². The molecule has 33 heavy (non-hydrogen) atoms. The Morgan fingerprint density at radius 2 is 1.82 bits per heavy atom. The molecule has 4 rings (SSSR count). The Kier molecular flexibility index (Phi) is 7.58. The van der Waals surface area contributed by atoms with Crippen molar-refractivity contribution in [3.05, 3.63) is 69.8 Å². The van der Waals surface area contributed by atoms with E-state index in [0.29, 0.717) is 45.2 Å². The summed E-state index contributed by atoms with van der Waals surface area (Å²) in [5.41, 5.74) is 1.74. The predicted molar refractivity (Wildman–Crippen MR) is 132 cm³/mol. The van der Waals surface area contributed by atoms with Crippen molar-refractivity contribution < 1.29 is 9.53 Å². The van der Waals surface area contributed by atoms with Crippen LogP contribution in [0.5, 0.6) is 11.6 Å². The number of likely N-dealkylation sites (tertiary alicyclic amines) is 1. The highest BCUT2D eigenvalue weighted by Crippen LogP contribution is 2.34. The van der Waals surface area contributed by atoms with E-state index in [-0.39, 0.29) is 11.9 Å². The van der Waals surface area contributed by atoms with E-state index in [0.717, 1.165) is 32.4 Å². The summed E-state index contributed by atoms with van der Waals surface area (Å²) < 4.78 is 7.97. The van der Waals surface area contributed by atoms with Crippen LogP contribution in [0.15, 0.2) is 48.5 Å². The zero-order valence-electron chi connectivity index (χ0n) is 18.9. The lowest BCUT2D eigenvalue weighted by Crippen LogP contribution is -2.30. The van der Waals surface area contributed by atoms with Gasteiger partial charge in [-0.1, -0.05) is 42.3 Å². The molecule has 0 bridgehead atoms. The second-order valence-electron chi connectivity index (χ2n) is 8.24. The van der Waals surface area contributed by atoms with Crippen molar-refractivity contribution in [3.63, 3.8) is 0 Å². The number of nitrogens with one attached hydrogen (secondary N) is 1. The first-order chi connectivity index (χ1) is 16.0. The van der Waals surface area contributed by atoms with E-state index in [1.165, 1.54) is 0 Å². The van der Waals surface area contributed by atoms with Crippen LogP contribution in [-0.2, 0) is 6.54 Å². The highest BCUT2D eigenvalue weighted by molar-refractivity contribution is 6.32. The number of nitrogens with zero attached hydrogens (tertiary/aromatic N) is 3. The zero-order chi connectivity index (χ0) is 23.4. The highest BCUT2D eigenvalue weighted by Gasteiger charge is 2.30. The van der Waals surface area contributed by atoms with Crippen molar-refractivity contribution in [3.8, 4) is 17.3 Å². The molecule has 2 aromatic carbocycles. The number of rotatable bonds is 8. The lowest BCUT2D eigenvalue weighted by molar-refractivity contribution is 0.0785. The number of carbonyl (C=O) groups is 1. The zero-order valence-corrected chi connectivity index (χ0v) is 20.4. The van der Waals surface area contributed by atoms with Crippen LogP contribution in [0.3, 0.4) is 0 Å². The summed E-state index contributed by atoms with van der Waals surface area (Å²) in [5, 5.41) is 9.38. The normalized spacial score (nSPS) is 14.5. The molecule has 1 saturated heterocycles. The van der Waals surface area contributed by atoms with Gasteiger partial charge in [-0.25, -0.2) is 0 Å². The van der Waals surface area contributed by atoms with Gasteiger partial charge in [-0.3, -0.25) is 4.79 Å². The summed E-state index contributed by atoms with van der Waals surface area (Å²) in [6.07, 6.45) is 2.97. The van der Waals surface area contributed by atoms with Crippen molar-refractivity contribution in [2.75, 3.05) is 13.1 Å². The van der Waals surface area contributed by atoms with Crippen molar-refractivity contribution in [2.24, 2.45) is 0 Å². The van der Waals surface area contributed by atoms with Crippen LogP contribution < -0.4 is 10.1 Å². The molecule has 3 aromatic rings. The number of benzene rings is 2. The number of aromatic nitrogens is 2. The third-order valence-corrected chi connectivity index (χ3v) is 6.45. The minimum atomic E-state index is -0.0831. The summed E-state index contributed by atoms with van der Waals surface area (Å²) >= 11 is 12.6. The van der Waals surface area contributed by atoms with E-state index >= 15 is 0 Å². The summed E-state index contributed by atoms with van der Waals surface area (Å²) in [6, 6.07) is 14.8. The third-order valence-electron chi connectivity index (χ3n) is 5.88. The van der Waals surface area contributed by atoms with Crippen LogP contribution in [0, 0.1) is 0 Å². The first-order valence-electron chi connectivity index (χ1n) is 11.3. The molecular formula is C25H28Cl2N4O2. The molecule has 174 valence electrons. The molecule has 1 atom stereocenters. The predicted octanol–water partition coefficient (Wildman–Crippen LogP) is 6.10. The molecule has 0 aliphatic carbocycles. The topological polar surface area (TPSA) is 59.4 Å². The van der Waals surface area contributed by atoms with E-state index in [4.69, 9.17) is 33.0 Å². The SMILES string of the molecule is CCC(C)NCc1c(C(=O)N2CCCC2)nn(-c2ccccc2Cl)c1Oc1ccc(Cl)cc1. The molecule has 0 radical (unpaired) electrons. The molecule has 6 nitrogen and oxygen atoms in total. The largest absolute Gasteiger partial charge is 0.439 e. The fourth-order valence-corrected chi connectivity index (χ4v) is 4.10. The Morgan fingerprint density at radius 3 is 2.48 bits per heavy atom. The maximum atomic E-state index is 13.5. The van der Waals surface area contributed by atoms with Crippen LogP contribution in [-0.4, -0.2) is 39.7 Å². The van der Waals surface area contributed by atoms with E-state index < -0.39 is 0 Å². The average molecular weight is 487 g/mol. The molecule has 1 aromatic heterocycles. The second-order valence-corrected chi connectivity index (χ2v) is 9.08. The molecule has 1 amide bonds. The number of carbonyl (C=O) groups excluding carboxylic acids is 1. The molecule has 1 N–H and O–H groups in total. The number of amides is 1. The van der Waals surface area contributed by atoms with Crippen molar-refractivity contribution >= 4 is 29.1 Å². The number of para-hydroxylation sites is 1. The Hall–Kier alpha value is -2.54. The minimum absolute atomic E-state index is 0.0831. The Morgan fingerprint density at radius 1 is 1.12 bits per heavy atom. The quantitative estimate of drug-likeness (QED) is 0.418. The smallest absolute Gasteiger partial charge is 0.274 e. The molecule has 1 aliphatic heterocycles. The van der Waals surface area contributed by atoms with Gasteiger partial charge in [0, 0.05) is 30.7 Å². The maximum Gasteiger partial charge on any atom is 0.274 e. The van der Waals surface area contributed by atoms with Crippen LogP contribution in [0.2, 0.25) is 10.0 Å². The molecule has 2 heterocycles. The van der Waals surface area contributed by atoms with E-state index in [1.54, 1.807) is 35.0 Å². The van der Waals surface area contributed by atoms with Crippen LogP contribution >= 0.6 is 23.2 Å². The fourth-order valence-electron chi connectivity index (χ4n) is 3.76. The van der Waals surface area contributed by atoms with E-state index in [2.05, 4.69) is 19.2 Å². The van der Waals surface area contributed by atoms with Gasteiger partial charge >= 0.3 is 0 Å². The molecule has 8 heteroatoms. The van der Waals surface area contributed by atoms with Crippen LogP contribution in [0.1, 0.15) is 49.2 Å². The molecule has 0 spiro atoms. The lowest BCUT2D eigenvalue weighted by atomic mass is 10.2. The van der Waals surface area contributed by atoms with Gasteiger partial charge in [0.25, 0.3) is 5.91 Å². The number of hydrogen-bond acceptors (Lipinski definition) is 4. The molecule has 1 aliphatic rings. The number of ether oxygens (including phenoxy) is 1. The lowest BCUT2D eigenvalue weighted by Gasteiger charge is -2.16. The van der Waals surface area contributed by atoms with Gasteiger partial charge in [0.05, 0.1) is 16.3 Å². The van der Waals surface area contributed by atoms with Crippen LogP contribution in [0.4, 0.5) is 0 Å². The molecule has 1 unspecified atom stereocenters. The summed E-state index contributed by atoms with van der Waals surface area (Å²) in [4.78, 5) is 15.3. The number of hydrogen-bond donors (Lipinski definition) is 1. The van der Waals surface area contributed by atoms with Gasteiger partial charge in [-0.05, 0) is 62.6 Å². The van der Waals surface area contributed by atoms with Gasteiger partial charge < -0.3 is 15.0 Å². The van der Waals surface area contributed by atoms with E-state index in [1.807, 2.05) is 23.1 Å². The van der Waals surface area contributed by atoms with Gasteiger partial charge in [-0.2, -0.15) is 9.78 Å².